The number of likely N-dealkylation sites (N-methyl/N-ethyl adjacent to an activating group) is 1. The first-order valence-corrected chi connectivity index (χ1v) is 7.01. The van der Waals surface area contributed by atoms with Crippen molar-refractivity contribution in [1.82, 2.24) is 0 Å². The summed E-state index contributed by atoms with van der Waals surface area (Å²) in [6.45, 7) is 3.31. The van der Waals surface area contributed by atoms with E-state index in [0.717, 1.165) is 17.8 Å². The highest BCUT2D eigenvalue weighted by Gasteiger charge is 2.19. The fourth-order valence-corrected chi connectivity index (χ4v) is 2.55. The van der Waals surface area contributed by atoms with E-state index in [4.69, 9.17) is 17.3 Å². The molecule has 0 radical (unpaired) electrons. The minimum Gasteiger partial charge on any atom is -0.363 e. The fourth-order valence-electron chi connectivity index (χ4n) is 2.37. The molecule has 0 bridgehead atoms. The highest BCUT2D eigenvalue weighted by atomic mass is 35.5. The van der Waals surface area contributed by atoms with Gasteiger partial charge < -0.3 is 10.6 Å². The van der Waals surface area contributed by atoms with Gasteiger partial charge in [0, 0.05) is 18.8 Å². The molecule has 0 aromatic heterocycles. The molecule has 0 aliphatic carbocycles. The van der Waals surface area contributed by atoms with Crippen molar-refractivity contribution in [3.05, 3.63) is 64.9 Å². The van der Waals surface area contributed by atoms with Crippen LogP contribution >= 0.6 is 11.6 Å². The lowest BCUT2D eigenvalue weighted by atomic mass is 10.0. The molecule has 2 rings (SSSR count). The van der Waals surface area contributed by atoms with Crippen LogP contribution in [0.5, 0.6) is 0 Å². The van der Waals surface area contributed by atoms with Crippen LogP contribution in [0, 0.1) is 5.82 Å². The zero-order chi connectivity index (χ0) is 14.5. The lowest BCUT2D eigenvalue weighted by Crippen LogP contribution is -2.33. The van der Waals surface area contributed by atoms with Crippen LogP contribution in [0.3, 0.4) is 0 Å². The zero-order valence-electron chi connectivity index (χ0n) is 11.4. The number of rotatable bonds is 5. The second kappa shape index (κ2) is 6.73. The third-order valence-electron chi connectivity index (χ3n) is 3.36. The molecule has 0 aliphatic rings. The molecule has 2 N–H and O–H groups in total. The number of hydrogen-bond acceptors (Lipinski definition) is 2. The van der Waals surface area contributed by atoms with Gasteiger partial charge in [0.15, 0.2) is 0 Å². The van der Waals surface area contributed by atoms with Crippen molar-refractivity contribution in [2.45, 2.75) is 13.0 Å². The Bertz CT molecular complexity index is 560. The van der Waals surface area contributed by atoms with Crippen molar-refractivity contribution in [2.75, 3.05) is 18.0 Å². The molecule has 0 saturated heterocycles. The van der Waals surface area contributed by atoms with Crippen LogP contribution in [-0.4, -0.2) is 13.1 Å². The van der Waals surface area contributed by atoms with E-state index >= 15 is 0 Å². The topological polar surface area (TPSA) is 29.3 Å². The molecule has 20 heavy (non-hydrogen) atoms. The second-order valence-corrected chi connectivity index (χ2v) is 4.95. The largest absolute Gasteiger partial charge is 0.363 e. The summed E-state index contributed by atoms with van der Waals surface area (Å²) in [5, 5.41) is 0.130. The smallest absolute Gasteiger partial charge is 0.141 e. The van der Waals surface area contributed by atoms with Gasteiger partial charge in [0.25, 0.3) is 0 Å². The number of hydrogen-bond donors (Lipinski definition) is 1. The van der Waals surface area contributed by atoms with Crippen LogP contribution in [-0.2, 0) is 0 Å². The predicted molar refractivity (Wildman–Crippen MR) is 82.7 cm³/mol. The molecule has 106 valence electrons. The minimum atomic E-state index is -0.408. The molecular weight excluding hydrogens is 275 g/mol. The van der Waals surface area contributed by atoms with Gasteiger partial charge in [-0.25, -0.2) is 4.39 Å². The van der Waals surface area contributed by atoms with Crippen LogP contribution in [0.2, 0.25) is 5.02 Å². The van der Waals surface area contributed by atoms with E-state index in [1.165, 1.54) is 6.07 Å². The quantitative estimate of drug-likeness (QED) is 0.902. The molecule has 0 spiro atoms. The standard InChI is InChI=1S/C16H18ClFN2/c1-2-20(13-6-4-3-5-7-13)16(11-19)12-8-9-15(18)14(17)10-12/h3-10,16H,2,11,19H2,1H3. The van der Waals surface area contributed by atoms with Gasteiger partial charge >= 0.3 is 0 Å². The SMILES string of the molecule is CCN(c1ccccc1)C(CN)c1ccc(F)c(Cl)c1. The van der Waals surface area contributed by atoms with Crippen molar-refractivity contribution < 1.29 is 4.39 Å². The number of nitrogens with two attached hydrogens (primary N) is 1. The molecule has 4 heteroatoms. The van der Waals surface area contributed by atoms with E-state index in [-0.39, 0.29) is 11.1 Å². The second-order valence-electron chi connectivity index (χ2n) is 4.55. The summed E-state index contributed by atoms with van der Waals surface area (Å²) in [7, 11) is 0. The van der Waals surface area contributed by atoms with Gasteiger partial charge in [0.05, 0.1) is 11.1 Å². The Morgan fingerprint density at radius 2 is 1.90 bits per heavy atom. The summed E-state index contributed by atoms with van der Waals surface area (Å²) < 4.78 is 13.3. The molecule has 0 fully saturated rings. The Morgan fingerprint density at radius 3 is 2.45 bits per heavy atom. The van der Waals surface area contributed by atoms with Crippen LogP contribution in [0.4, 0.5) is 10.1 Å². The molecule has 0 saturated carbocycles. The molecule has 1 unspecified atom stereocenters. The molecular formula is C16H18ClFN2. The number of benzene rings is 2. The minimum absolute atomic E-state index is 0.0273. The van der Waals surface area contributed by atoms with Crippen molar-refractivity contribution in [2.24, 2.45) is 5.73 Å². The van der Waals surface area contributed by atoms with Crippen LogP contribution < -0.4 is 10.6 Å². The summed E-state index contributed by atoms with van der Waals surface area (Å²) >= 11 is 5.87. The zero-order valence-corrected chi connectivity index (χ0v) is 12.1. The van der Waals surface area contributed by atoms with Gasteiger partial charge in [0.2, 0.25) is 0 Å². The summed E-state index contributed by atoms with van der Waals surface area (Å²) in [6.07, 6.45) is 0. The monoisotopic (exact) mass is 292 g/mol. The molecule has 0 amide bonds. The summed E-state index contributed by atoms with van der Waals surface area (Å²) in [6, 6.07) is 14.8. The van der Waals surface area contributed by atoms with E-state index in [1.807, 2.05) is 30.3 Å². The maximum atomic E-state index is 13.3. The van der Waals surface area contributed by atoms with Gasteiger partial charge in [-0.2, -0.15) is 0 Å². The van der Waals surface area contributed by atoms with Gasteiger partial charge in [-0.15, -0.1) is 0 Å². The van der Waals surface area contributed by atoms with E-state index in [1.54, 1.807) is 12.1 Å². The highest BCUT2D eigenvalue weighted by molar-refractivity contribution is 6.30. The Kier molecular flexibility index (Phi) is 4.99. The Labute approximate surface area is 124 Å². The van der Waals surface area contributed by atoms with E-state index in [2.05, 4.69) is 11.8 Å². The first-order valence-electron chi connectivity index (χ1n) is 6.64. The van der Waals surface area contributed by atoms with Crippen LogP contribution in [0.15, 0.2) is 48.5 Å². The van der Waals surface area contributed by atoms with E-state index < -0.39 is 5.82 Å². The highest BCUT2D eigenvalue weighted by Crippen LogP contribution is 2.28. The molecule has 0 aliphatic heterocycles. The number of anilines is 1. The third kappa shape index (κ3) is 3.11. The van der Waals surface area contributed by atoms with Crippen molar-refractivity contribution >= 4 is 17.3 Å². The predicted octanol–water partition coefficient (Wildman–Crippen LogP) is 4.01. The fraction of sp³-hybridized carbons (Fsp3) is 0.250. The van der Waals surface area contributed by atoms with Gasteiger partial charge in [0.1, 0.15) is 5.82 Å². The van der Waals surface area contributed by atoms with Gasteiger partial charge in [-0.3, -0.25) is 0 Å². The van der Waals surface area contributed by atoms with Crippen molar-refractivity contribution in [3.63, 3.8) is 0 Å². The maximum absolute atomic E-state index is 13.3. The summed E-state index contributed by atoms with van der Waals surface area (Å²) in [5.41, 5.74) is 7.94. The normalized spacial score (nSPS) is 12.2. The Morgan fingerprint density at radius 1 is 1.20 bits per heavy atom. The van der Waals surface area contributed by atoms with Crippen LogP contribution in [0.1, 0.15) is 18.5 Å². The lowest BCUT2D eigenvalue weighted by molar-refractivity contribution is 0.618. The number of para-hydroxylation sites is 1. The van der Waals surface area contributed by atoms with Gasteiger partial charge in [-0.05, 0) is 36.8 Å². The lowest BCUT2D eigenvalue weighted by Gasteiger charge is -2.32. The summed E-state index contributed by atoms with van der Waals surface area (Å²) in [4.78, 5) is 2.18. The van der Waals surface area contributed by atoms with E-state index in [9.17, 15) is 4.39 Å². The van der Waals surface area contributed by atoms with Crippen LogP contribution in [0.25, 0.3) is 0 Å². The Hall–Kier alpha value is -1.58. The molecule has 2 aromatic carbocycles. The third-order valence-corrected chi connectivity index (χ3v) is 3.65. The van der Waals surface area contributed by atoms with E-state index in [0.29, 0.717) is 6.54 Å². The first-order chi connectivity index (χ1) is 9.67. The average molecular weight is 293 g/mol. The summed E-state index contributed by atoms with van der Waals surface area (Å²) in [5.74, 6) is -0.408. The molecule has 1 atom stereocenters. The Balaban J connectivity index is 2.36. The molecule has 0 heterocycles. The maximum Gasteiger partial charge on any atom is 0.141 e. The van der Waals surface area contributed by atoms with Crippen molar-refractivity contribution in [1.29, 1.82) is 0 Å². The average Bonchev–Trinajstić information content (AvgIpc) is 2.48. The molecule has 2 nitrogen and oxygen atoms in total. The number of halogens is 2. The first kappa shape index (κ1) is 14.8. The van der Waals surface area contributed by atoms with Crippen molar-refractivity contribution in [3.8, 4) is 0 Å². The van der Waals surface area contributed by atoms with Gasteiger partial charge in [-0.1, -0.05) is 35.9 Å². The molecule has 2 aromatic rings. The number of nitrogens with zero attached hydrogens (tertiary/aromatic N) is 1.